The molecule has 1 aromatic carbocycles. The number of hydrazine groups is 1. The van der Waals surface area contributed by atoms with E-state index in [1.807, 2.05) is 0 Å². The number of rotatable bonds is 4. The smallest absolute Gasteiger partial charge is 0.360 e. The zero-order valence-electron chi connectivity index (χ0n) is 15.6. The molecule has 2 aromatic heterocycles. The van der Waals surface area contributed by atoms with Crippen LogP contribution in [0.4, 0.5) is 32.2 Å². The van der Waals surface area contributed by atoms with Crippen LogP contribution in [0.3, 0.4) is 0 Å². The Morgan fingerprint density at radius 2 is 1.62 bits per heavy atom. The van der Waals surface area contributed by atoms with Gasteiger partial charge < -0.3 is 4.52 Å². The Kier molecular flexibility index (Phi) is 6.29. The molecular weight excluding hydrogens is 489 g/mol. The van der Waals surface area contributed by atoms with Crippen LogP contribution in [0.2, 0.25) is 10.0 Å². The molecule has 14 heteroatoms. The largest absolute Gasteiger partial charge is 0.417 e. The van der Waals surface area contributed by atoms with E-state index in [1.165, 1.54) is 6.92 Å². The Hall–Kier alpha value is -2.99. The van der Waals surface area contributed by atoms with E-state index in [1.54, 1.807) is 0 Å². The molecule has 3 aromatic rings. The molecule has 32 heavy (non-hydrogen) atoms. The summed E-state index contributed by atoms with van der Waals surface area (Å²) in [6, 6.07) is 3.08. The molecule has 0 fully saturated rings. The van der Waals surface area contributed by atoms with E-state index in [0.717, 1.165) is 12.1 Å². The molecule has 0 radical (unpaired) electrons. The van der Waals surface area contributed by atoms with Gasteiger partial charge in [0.15, 0.2) is 5.82 Å². The number of aromatic nitrogens is 2. The zero-order valence-corrected chi connectivity index (χ0v) is 17.1. The van der Waals surface area contributed by atoms with E-state index >= 15 is 0 Å². The summed E-state index contributed by atoms with van der Waals surface area (Å²) >= 11 is 11.7. The van der Waals surface area contributed by atoms with Gasteiger partial charge in [0.25, 0.3) is 5.91 Å². The number of aryl methyl sites for hydroxylation is 1. The highest BCUT2D eigenvalue weighted by Gasteiger charge is 2.33. The minimum atomic E-state index is -4.66. The van der Waals surface area contributed by atoms with E-state index in [4.69, 9.17) is 27.7 Å². The van der Waals surface area contributed by atoms with Crippen LogP contribution in [-0.4, -0.2) is 16.0 Å². The summed E-state index contributed by atoms with van der Waals surface area (Å²) in [5, 5.41) is 2.92. The van der Waals surface area contributed by atoms with Crippen molar-refractivity contribution in [3.05, 3.63) is 63.0 Å². The summed E-state index contributed by atoms with van der Waals surface area (Å²) in [5.41, 5.74) is 2.02. The minimum absolute atomic E-state index is 0.00161. The number of carbonyl (C=O) groups is 1. The van der Waals surface area contributed by atoms with Gasteiger partial charge >= 0.3 is 12.4 Å². The van der Waals surface area contributed by atoms with Crippen molar-refractivity contribution in [2.24, 2.45) is 0 Å². The third-order valence-corrected chi connectivity index (χ3v) is 4.71. The third-order valence-electron chi connectivity index (χ3n) is 4.10. The van der Waals surface area contributed by atoms with Crippen molar-refractivity contribution in [3.63, 3.8) is 0 Å². The molecule has 0 unspecified atom stereocenters. The van der Waals surface area contributed by atoms with Gasteiger partial charge in [-0.3, -0.25) is 15.6 Å². The van der Waals surface area contributed by atoms with Crippen LogP contribution >= 0.6 is 23.2 Å². The van der Waals surface area contributed by atoms with E-state index in [2.05, 4.69) is 21.0 Å². The molecule has 2 heterocycles. The highest BCUT2D eigenvalue weighted by atomic mass is 35.5. The van der Waals surface area contributed by atoms with E-state index in [9.17, 15) is 31.1 Å². The van der Waals surface area contributed by atoms with Crippen LogP contribution in [0.1, 0.15) is 27.2 Å². The number of alkyl halides is 6. The minimum Gasteiger partial charge on any atom is -0.360 e. The molecule has 0 spiro atoms. The van der Waals surface area contributed by atoms with Crippen molar-refractivity contribution in [1.29, 1.82) is 0 Å². The van der Waals surface area contributed by atoms with Gasteiger partial charge in [-0.15, -0.1) is 0 Å². The van der Waals surface area contributed by atoms with Gasteiger partial charge in [0.1, 0.15) is 17.0 Å². The van der Waals surface area contributed by atoms with Crippen molar-refractivity contribution in [2.45, 2.75) is 19.3 Å². The molecule has 6 nitrogen and oxygen atoms in total. The van der Waals surface area contributed by atoms with Crippen molar-refractivity contribution in [2.75, 3.05) is 5.43 Å². The van der Waals surface area contributed by atoms with Crippen molar-refractivity contribution < 1.29 is 35.7 Å². The summed E-state index contributed by atoms with van der Waals surface area (Å²) < 4.78 is 81.6. The van der Waals surface area contributed by atoms with Crippen LogP contribution in [0, 0.1) is 6.92 Å². The molecule has 170 valence electrons. The maximum absolute atomic E-state index is 12.9. The first-order valence-electron chi connectivity index (χ1n) is 8.41. The van der Waals surface area contributed by atoms with Crippen LogP contribution in [-0.2, 0) is 12.4 Å². The lowest BCUT2D eigenvalue weighted by Gasteiger charge is -2.12. The second kappa shape index (κ2) is 8.51. The topological polar surface area (TPSA) is 80.0 Å². The summed E-state index contributed by atoms with van der Waals surface area (Å²) in [5.74, 6) is -1.16. The summed E-state index contributed by atoms with van der Waals surface area (Å²) in [6.07, 6.45) is -8.77. The maximum Gasteiger partial charge on any atom is 0.417 e. The van der Waals surface area contributed by atoms with Crippen molar-refractivity contribution in [1.82, 2.24) is 15.6 Å². The van der Waals surface area contributed by atoms with Crippen LogP contribution in [0.15, 0.2) is 35.0 Å². The molecule has 0 bridgehead atoms. The Morgan fingerprint density at radius 3 is 2.19 bits per heavy atom. The van der Waals surface area contributed by atoms with Crippen LogP contribution < -0.4 is 10.9 Å². The van der Waals surface area contributed by atoms with Gasteiger partial charge in [-0.2, -0.15) is 26.3 Å². The molecule has 3 rings (SSSR count). The molecule has 0 aliphatic heterocycles. The molecule has 1 amide bonds. The summed E-state index contributed by atoms with van der Waals surface area (Å²) in [4.78, 5) is 16.1. The number of halogens is 8. The predicted octanol–water partition coefficient (Wildman–Crippen LogP) is 6.15. The van der Waals surface area contributed by atoms with Gasteiger partial charge in [-0.05, 0) is 25.1 Å². The highest BCUT2D eigenvalue weighted by molar-refractivity contribution is 6.33. The SMILES string of the molecule is Cc1onc(-c2ccc(C(F)(F)F)cc2Cl)c1C(=O)NNc1ncc(C(F)(F)F)cc1Cl. The average molecular weight is 499 g/mol. The second-order valence-electron chi connectivity index (χ2n) is 6.29. The standard InChI is InChI=1S/C18H10Cl2F6N4O2/c1-7-13(14(30-32-7)10-3-2-8(4-11(10)19)17(21,22)23)16(31)29-28-15-12(20)5-9(6-27-15)18(24,25)26/h2-6H,1H3,(H,27,28)(H,29,31). The van der Waals surface area contributed by atoms with Gasteiger partial charge in [-0.1, -0.05) is 34.4 Å². The molecule has 0 atom stereocenters. The molecule has 0 aliphatic rings. The molecule has 0 saturated carbocycles. The zero-order chi connectivity index (χ0) is 23.8. The monoisotopic (exact) mass is 498 g/mol. The first-order chi connectivity index (χ1) is 14.8. The fourth-order valence-electron chi connectivity index (χ4n) is 2.57. The number of pyridine rings is 1. The van der Waals surface area contributed by atoms with E-state index in [-0.39, 0.29) is 33.4 Å². The molecular formula is C18H10Cl2F6N4O2. The summed E-state index contributed by atoms with van der Waals surface area (Å²) in [6.45, 7) is 1.37. The summed E-state index contributed by atoms with van der Waals surface area (Å²) in [7, 11) is 0. The number of benzene rings is 1. The Labute approximate surface area is 185 Å². The fraction of sp³-hybridized carbons (Fsp3) is 0.167. The highest BCUT2D eigenvalue weighted by Crippen LogP contribution is 2.37. The number of carbonyl (C=O) groups excluding carboxylic acids is 1. The lowest BCUT2D eigenvalue weighted by Crippen LogP contribution is -2.30. The average Bonchev–Trinajstić information content (AvgIpc) is 3.06. The number of hydrogen-bond donors (Lipinski definition) is 2. The maximum atomic E-state index is 12.9. The number of hydrogen-bond acceptors (Lipinski definition) is 5. The number of anilines is 1. The number of amides is 1. The van der Waals surface area contributed by atoms with Gasteiger partial charge in [0, 0.05) is 11.8 Å². The third kappa shape index (κ3) is 4.91. The van der Waals surface area contributed by atoms with Crippen molar-refractivity contribution in [3.8, 4) is 11.3 Å². The Balaban J connectivity index is 1.85. The van der Waals surface area contributed by atoms with E-state index < -0.39 is 34.4 Å². The molecule has 0 saturated heterocycles. The molecule has 0 aliphatic carbocycles. The Morgan fingerprint density at radius 1 is 1.00 bits per heavy atom. The predicted molar refractivity (Wildman–Crippen MR) is 102 cm³/mol. The van der Waals surface area contributed by atoms with E-state index in [0.29, 0.717) is 18.3 Å². The second-order valence-corrected chi connectivity index (χ2v) is 7.10. The Bertz CT molecular complexity index is 1180. The quantitative estimate of drug-likeness (QED) is 0.333. The van der Waals surface area contributed by atoms with Crippen LogP contribution in [0.5, 0.6) is 0 Å². The first-order valence-corrected chi connectivity index (χ1v) is 9.17. The lowest BCUT2D eigenvalue weighted by molar-refractivity contribution is -0.138. The van der Waals surface area contributed by atoms with Crippen LogP contribution in [0.25, 0.3) is 11.3 Å². The van der Waals surface area contributed by atoms with Crippen molar-refractivity contribution >= 4 is 34.9 Å². The van der Waals surface area contributed by atoms with Gasteiger partial charge in [0.05, 0.1) is 21.2 Å². The normalized spacial score (nSPS) is 12.0. The number of nitrogens with one attached hydrogen (secondary N) is 2. The van der Waals surface area contributed by atoms with Gasteiger partial charge in [0.2, 0.25) is 0 Å². The molecule has 2 N–H and O–H groups in total. The lowest BCUT2D eigenvalue weighted by atomic mass is 10.0. The first kappa shape index (κ1) is 23.7. The van der Waals surface area contributed by atoms with Gasteiger partial charge in [-0.25, -0.2) is 4.98 Å². The number of nitrogens with zero attached hydrogens (tertiary/aromatic N) is 2. The fourth-order valence-corrected chi connectivity index (χ4v) is 3.05.